The molecule has 2 aromatic rings. The summed E-state index contributed by atoms with van der Waals surface area (Å²) in [5.74, 6) is 0.671. The lowest BCUT2D eigenvalue weighted by Crippen LogP contribution is -2.27. The molecule has 1 unspecified atom stereocenters. The smallest absolute Gasteiger partial charge is 0.241 e. The normalized spacial score (nSPS) is 17.1. The molecule has 0 aromatic heterocycles. The van der Waals surface area contributed by atoms with E-state index in [0.717, 1.165) is 29.5 Å². The van der Waals surface area contributed by atoms with Crippen molar-refractivity contribution in [2.45, 2.75) is 30.7 Å². The summed E-state index contributed by atoms with van der Waals surface area (Å²) in [4.78, 5) is 0.248. The second-order valence-electron chi connectivity index (χ2n) is 5.69. The van der Waals surface area contributed by atoms with Gasteiger partial charge in [0, 0.05) is 11.1 Å². The van der Waals surface area contributed by atoms with E-state index in [1.807, 2.05) is 19.1 Å². The lowest BCUT2D eigenvalue weighted by Gasteiger charge is -2.15. The van der Waals surface area contributed by atoms with Crippen LogP contribution in [0.1, 0.15) is 29.2 Å². The zero-order valence-corrected chi connectivity index (χ0v) is 14.5. The van der Waals surface area contributed by atoms with Gasteiger partial charge in [0.15, 0.2) is 0 Å². The van der Waals surface area contributed by atoms with E-state index in [1.54, 1.807) is 31.4 Å². The van der Waals surface area contributed by atoms with Gasteiger partial charge in [-0.1, -0.05) is 17.7 Å². The first-order chi connectivity index (χ1) is 10.9. The summed E-state index contributed by atoms with van der Waals surface area (Å²) in [6, 6.07) is 10.2. The molecule has 0 fully saturated rings. The number of sulfonamides is 1. The number of ether oxygens (including phenoxy) is 1. The fourth-order valence-electron chi connectivity index (χ4n) is 2.98. The van der Waals surface area contributed by atoms with Crippen LogP contribution in [-0.4, -0.2) is 15.5 Å². The minimum Gasteiger partial charge on any atom is -0.496 e. The van der Waals surface area contributed by atoms with Crippen molar-refractivity contribution in [3.05, 3.63) is 58.1 Å². The number of aryl methyl sites for hydroxylation is 2. The third-order valence-corrected chi connectivity index (χ3v) is 5.86. The van der Waals surface area contributed by atoms with E-state index in [4.69, 9.17) is 16.3 Å². The fraction of sp³-hybridized carbons (Fsp3) is 0.294. The van der Waals surface area contributed by atoms with Gasteiger partial charge < -0.3 is 4.74 Å². The molecule has 2 aromatic carbocycles. The average molecular weight is 352 g/mol. The predicted octanol–water partition coefficient (Wildman–Crippen LogP) is 3.62. The predicted molar refractivity (Wildman–Crippen MR) is 90.6 cm³/mol. The van der Waals surface area contributed by atoms with Gasteiger partial charge in [-0.15, -0.1) is 0 Å². The van der Waals surface area contributed by atoms with Crippen molar-refractivity contribution >= 4 is 21.6 Å². The van der Waals surface area contributed by atoms with Gasteiger partial charge in [-0.3, -0.25) is 0 Å². The largest absolute Gasteiger partial charge is 0.496 e. The van der Waals surface area contributed by atoms with Crippen molar-refractivity contribution in [1.82, 2.24) is 4.72 Å². The first-order valence-electron chi connectivity index (χ1n) is 7.36. The number of fused-ring (bicyclic) bond motifs is 1. The SMILES string of the molecule is COc1ccc(S(=O)(=O)NC2CCc3cc(Cl)ccc32)cc1C. The number of benzene rings is 2. The molecule has 0 saturated heterocycles. The summed E-state index contributed by atoms with van der Waals surface area (Å²) >= 11 is 6.00. The van der Waals surface area contributed by atoms with Gasteiger partial charge in [-0.05, 0) is 66.8 Å². The molecule has 1 aliphatic carbocycles. The Labute approximate surface area is 141 Å². The number of methoxy groups -OCH3 is 1. The quantitative estimate of drug-likeness (QED) is 0.915. The number of nitrogens with one attached hydrogen (secondary N) is 1. The van der Waals surface area contributed by atoms with E-state index in [0.29, 0.717) is 10.8 Å². The Hall–Kier alpha value is -1.56. The third kappa shape index (κ3) is 3.22. The van der Waals surface area contributed by atoms with Gasteiger partial charge in [0.25, 0.3) is 0 Å². The van der Waals surface area contributed by atoms with Gasteiger partial charge in [-0.25, -0.2) is 13.1 Å². The van der Waals surface area contributed by atoms with E-state index < -0.39 is 10.0 Å². The number of hydrogen-bond donors (Lipinski definition) is 1. The lowest BCUT2D eigenvalue weighted by molar-refractivity contribution is 0.411. The molecular weight excluding hydrogens is 334 g/mol. The third-order valence-electron chi connectivity index (χ3n) is 4.16. The average Bonchev–Trinajstić information content (AvgIpc) is 2.88. The molecule has 0 bridgehead atoms. The first-order valence-corrected chi connectivity index (χ1v) is 9.22. The van der Waals surface area contributed by atoms with Crippen LogP contribution in [0.2, 0.25) is 5.02 Å². The maximum atomic E-state index is 12.6. The molecule has 122 valence electrons. The molecule has 3 rings (SSSR count). The van der Waals surface area contributed by atoms with Crippen LogP contribution in [0.3, 0.4) is 0 Å². The molecule has 1 aliphatic rings. The molecule has 0 saturated carbocycles. The lowest BCUT2D eigenvalue weighted by atomic mass is 10.1. The van der Waals surface area contributed by atoms with Crippen LogP contribution in [0.25, 0.3) is 0 Å². The molecule has 4 nitrogen and oxygen atoms in total. The highest BCUT2D eigenvalue weighted by Gasteiger charge is 2.27. The Kier molecular flexibility index (Phi) is 4.36. The van der Waals surface area contributed by atoms with Gasteiger partial charge in [-0.2, -0.15) is 0 Å². The van der Waals surface area contributed by atoms with Crippen molar-refractivity contribution in [2.24, 2.45) is 0 Å². The number of halogens is 1. The topological polar surface area (TPSA) is 55.4 Å². The highest BCUT2D eigenvalue weighted by Crippen LogP contribution is 2.34. The highest BCUT2D eigenvalue weighted by atomic mass is 35.5. The van der Waals surface area contributed by atoms with Crippen LogP contribution in [0, 0.1) is 6.92 Å². The molecule has 1 atom stereocenters. The fourth-order valence-corrected chi connectivity index (χ4v) is 4.51. The van der Waals surface area contributed by atoms with E-state index in [1.165, 1.54) is 0 Å². The van der Waals surface area contributed by atoms with Crippen LogP contribution in [0.5, 0.6) is 5.75 Å². The van der Waals surface area contributed by atoms with Gasteiger partial charge >= 0.3 is 0 Å². The van der Waals surface area contributed by atoms with Crippen molar-refractivity contribution in [3.63, 3.8) is 0 Å². The molecule has 0 heterocycles. The Bertz CT molecular complexity index is 849. The second-order valence-corrected chi connectivity index (χ2v) is 7.84. The van der Waals surface area contributed by atoms with Crippen molar-refractivity contribution in [3.8, 4) is 5.75 Å². The van der Waals surface area contributed by atoms with Gasteiger partial charge in [0.2, 0.25) is 10.0 Å². The summed E-state index contributed by atoms with van der Waals surface area (Å²) in [7, 11) is -2.02. The molecule has 6 heteroatoms. The first kappa shape index (κ1) is 16.3. The summed E-state index contributed by atoms with van der Waals surface area (Å²) in [6.07, 6.45) is 1.56. The Morgan fingerprint density at radius 1 is 1.22 bits per heavy atom. The minimum absolute atomic E-state index is 0.213. The second kappa shape index (κ2) is 6.15. The Morgan fingerprint density at radius 3 is 2.70 bits per heavy atom. The molecule has 0 spiro atoms. The molecule has 0 radical (unpaired) electrons. The molecule has 0 amide bonds. The van der Waals surface area contributed by atoms with Gasteiger partial charge in [0.1, 0.15) is 5.75 Å². The standard InChI is InChI=1S/C17H18ClNO3S/c1-11-9-14(5-8-17(11)22-2)23(20,21)19-16-7-3-12-10-13(18)4-6-15(12)16/h4-6,8-10,16,19H,3,7H2,1-2H3. The molecule has 1 N–H and O–H groups in total. The summed E-state index contributed by atoms with van der Waals surface area (Å²) in [5.41, 5.74) is 2.90. The number of hydrogen-bond acceptors (Lipinski definition) is 3. The number of rotatable bonds is 4. The van der Waals surface area contributed by atoms with E-state index in [9.17, 15) is 8.42 Å². The van der Waals surface area contributed by atoms with E-state index in [2.05, 4.69) is 4.72 Å². The van der Waals surface area contributed by atoms with Crippen molar-refractivity contribution in [2.75, 3.05) is 7.11 Å². The highest BCUT2D eigenvalue weighted by molar-refractivity contribution is 7.89. The van der Waals surface area contributed by atoms with Crippen LogP contribution < -0.4 is 9.46 Å². The molecule has 23 heavy (non-hydrogen) atoms. The van der Waals surface area contributed by atoms with E-state index >= 15 is 0 Å². The summed E-state index contributed by atoms with van der Waals surface area (Å²) in [5, 5.41) is 0.679. The van der Waals surface area contributed by atoms with Crippen LogP contribution in [0.15, 0.2) is 41.3 Å². The monoisotopic (exact) mass is 351 g/mol. The molecular formula is C17H18ClNO3S. The van der Waals surface area contributed by atoms with Crippen LogP contribution in [0.4, 0.5) is 0 Å². The zero-order chi connectivity index (χ0) is 16.6. The van der Waals surface area contributed by atoms with E-state index in [-0.39, 0.29) is 10.9 Å². The zero-order valence-electron chi connectivity index (χ0n) is 13.0. The van der Waals surface area contributed by atoms with Crippen LogP contribution in [-0.2, 0) is 16.4 Å². The van der Waals surface area contributed by atoms with Gasteiger partial charge in [0.05, 0.1) is 12.0 Å². The summed E-state index contributed by atoms with van der Waals surface area (Å²) in [6.45, 7) is 1.82. The molecule has 0 aliphatic heterocycles. The Morgan fingerprint density at radius 2 is 2.00 bits per heavy atom. The minimum atomic E-state index is -3.58. The maximum Gasteiger partial charge on any atom is 0.241 e. The van der Waals surface area contributed by atoms with Crippen molar-refractivity contribution < 1.29 is 13.2 Å². The van der Waals surface area contributed by atoms with Crippen LogP contribution >= 0.6 is 11.6 Å². The summed E-state index contributed by atoms with van der Waals surface area (Å²) < 4.78 is 33.3. The van der Waals surface area contributed by atoms with Crippen molar-refractivity contribution in [1.29, 1.82) is 0 Å². The maximum absolute atomic E-state index is 12.6. The Balaban J connectivity index is 1.87.